The molecule has 1 N–H and O–H groups in total. The molecule has 0 aliphatic carbocycles. The van der Waals surface area contributed by atoms with E-state index >= 15 is 0 Å². The maximum atomic E-state index is 13.9. The van der Waals surface area contributed by atoms with Gasteiger partial charge in [-0.2, -0.15) is 5.26 Å². The van der Waals surface area contributed by atoms with Crippen molar-refractivity contribution in [3.8, 4) is 6.07 Å². The Balaban J connectivity index is 2.42. The van der Waals surface area contributed by atoms with E-state index in [4.69, 9.17) is 5.26 Å². The first-order valence-corrected chi connectivity index (χ1v) is 6.63. The molecule has 2 aromatic carbocycles. The monoisotopic (exact) mass is 328 g/mol. The average molecular weight is 328 g/mol. The Kier molecular flexibility index (Phi) is 4.90. The topological polar surface area (TPSA) is 45.0 Å². The molecule has 2 rings (SSSR count). The minimum Gasteiger partial charge on any atom is -0.279 e. The van der Waals surface area contributed by atoms with Gasteiger partial charge in [0.25, 0.3) is 0 Å². The molecule has 114 valence electrons. The molecule has 0 fully saturated rings. The Morgan fingerprint density at radius 3 is 2.45 bits per heavy atom. The summed E-state index contributed by atoms with van der Waals surface area (Å²) in [4.78, 5) is 4.01. The SMILES string of the molecule is CONc1cc(F)c(Sc2ccc(F)c(C#N)c2)c(F)c1F. The quantitative estimate of drug-likeness (QED) is 0.518. The van der Waals surface area contributed by atoms with Crippen molar-refractivity contribution in [2.75, 3.05) is 12.6 Å². The van der Waals surface area contributed by atoms with Gasteiger partial charge in [0.15, 0.2) is 11.6 Å². The lowest BCUT2D eigenvalue weighted by molar-refractivity contribution is 0.267. The lowest BCUT2D eigenvalue weighted by Gasteiger charge is -2.10. The molecule has 2 aromatic rings. The van der Waals surface area contributed by atoms with Crippen LogP contribution in [0.3, 0.4) is 0 Å². The highest BCUT2D eigenvalue weighted by Gasteiger charge is 2.20. The molecule has 8 heteroatoms. The normalized spacial score (nSPS) is 10.4. The van der Waals surface area contributed by atoms with Gasteiger partial charge in [0.1, 0.15) is 23.4 Å². The number of anilines is 1. The van der Waals surface area contributed by atoms with Crippen LogP contribution >= 0.6 is 11.8 Å². The van der Waals surface area contributed by atoms with Crippen LogP contribution in [-0.2, 0) is 4.84 Å². The molecule has 0 bridgehead atoms. The third-order valence-corrected chi connectivity index (χ3v) is 3.67. The van der Waals surface area contributed by atoms with Gasteiger partial charge in [0, 0.05) is 11.0 Å². The Labute approximate surface area is 127 Å². The van der Waals surface area contributed by atoms with Crippen molar-refractivity contribution in [1.82, 2.24) is 0 Å². The van der Waals surface area contributed by atoms with E-state index in [0.717, 1.165) is 18.2 Å². The summed E-state index contributed by atoms with van der Waals surface area (Å²) in [7, 11) is 1.17. The van der Waals surface area contributed by atoms with Crippen LogP contribution in [0.4, 0.5) is 23.2 Å². The van der Waals surface area contributed by atoms with Crippen molar-refractivity contribution >= 4 is 17.4 Å². The van der Waals surface area contributed by atoms with Crippen molar-refractivity contribution < 1.29 is 22.4 Å². The first-order valence-electron chi connectivity index (χ1n) is 5.82. The second kappa shape index (κ2) is 6.68. The Bertz CT molecular complexity index is 761. The van der Waals surface area contributed by atoms with Crippen LogP contribution in [0.2, 0.25) is 0 Å². The highest BCUT2D eigenvalue weighted by atomic mass is 32.2. The van der Waals surface area contributed by atoms with Crippen molar-refractivity contribution in [2.45, 2.75) is 9.79 Å². The molecular formula is C14H8F4N2OS. The van der Waals surface area contributed by atoms with Gasteiger partial charge in [-0.3, -0.25) is 10.3 Å². The van der Waals surface area contributed by atoms with Gasteiger partial charge >= 0.3 is 0 Å². The molecule has 0 aliphatic rings. The predicted octanol–water partition coefficient (Wildman–Crippen LogP) is 4.24. The summed E-state index contributed by atoms with van der Waals surface area (Å²) in [5.41, 5.74) is 1.26. The molecule has 0 spiro atoms. The number of nitrogens with one attached hydrogen (secondary N) is 1. The molecule has 0 radical (unpaired) electrons. The van der Waals surface area contributed by atoms with Crippen molar-refractivity contribution in [3.63, 3.8) is 0 Å². The van der Waals surface area contributed by atoms with E-state index in [-0.39, 0.29) is 10.5 Å². The van der Waals surface area contributed by atoms with Gasteiger partial charge in [-0.05, 0) is 18.2 Å². The second-order valence-electron chi connectivity index (χ2n) is 4.02. The zero-order chi connectivity index (χ0) is 16.3. The number of benzene rings is 2. The molecule has 0 saturated carbocycles. The zero-order valence-electron chi connectivity index (χ0n) is 11.1. The fraction of sp³-hybridized carbons (Fsp3) is 0.0714. The van der Waals surface area contributed by atoms with Crippen LogP contribution in [0.1, 0.15) is 5.56 Å². The smallest absolute Gasteiger partial charge is 0.185 e. The average Bonchev–Trinajstić information content (AvgIpc) is 2.50. The van der Waals surface area contributed by atoms with E-state index in [9.17, 15) is 17.6 Å². The second-order valence-corrected chi connectivity index (χ2v) is 5.11. The molecule has 0 aliphatic heterocycles. The van der Waals surface area contributed by atoms with E-state index < -0.39 is 33.9 Å². The lowest BCUT2D eigenvalue weighted by atomic mass is 10.2. The molecule has 0 aromatic heterocycles. The molecule has 0 atom stereocenters. The van der Waals surface area contributed by atoms with Gasteiger partial charge in [0.2, 0.25) is 0 Å². The molecule has 0 unspecified atom stereocenters. The van der Waals surface area contributed by atoms with Crippen LogP contribution in [0.25, 0.3) is 0 Å². The largest absolute Gasteiger partial charge is 0.279 e. The third kappa shape index (κ3) is 3.16. The minimum atomic E-state index is -1.41. The van der Waals surface area contributed by atoms with E-state index in [1.54, 1.807) is 6.07 Å². The third-order valence-electron chi connectivity index (χ3n) is 2.61. The molecular weight excluding hydrogens is 320 g/mol. The van der Waals surface area contributed by atoms with Crippen molar-refractivity contribution in [3.05, 3.63) is 53.1 Å². The van der Waals surface area contributed by atoms with Crippen molar-refractivity contribution in [1.29, 1.82) is 5.26 Å². The predicted molar refractivity (Wildman–Crippen MR) is 72.2 cm³/mol. The first kappa shape index (κ1) is 16.1. The highest BCUT2D eigenvalue weighted by molar-refractivity contribution is 7.99. The van der Waals surface area contributed by atoms with E-state index in [0.29, 0.717) is 11.8 Å². The summed E-state index contributed by atoms with van der Waals surface area (Å²) in [6.45, 7) is 0. The standard InChI is InChI=1S/C14H8F4N2OS/c1-21-20-11-5-10(16)14(13(18)12(11)17)22-8-2-3-9(15)7(4-8)6-19/h2-5,20H,1H3. The van der Waals surface area contributed by atoms with E-state index in [2.05, 4.69) is 4.84 Å². The summed E-state index contributed by atoms with van der Waals surface area (Å²) in [5.74, 6) is -4.49. The minimum absolute atomic E-state index is 0.197. The molecule has 0 saturated heterocycles. The fourth-order valence-electron chi connectivity index (χ4n) is 1.63. The van der Waals surface area contributed by atoms with Gasteiger partial charge in [-0.25, -0.2) is 17.6 Å². The number of hydrogen-bond donors (Lipinski definition) is 1. The van der Waals surface area contributed by atoms with Gasteiger partial charge < -0.3 is 0 Å². The fourth-order valence-corrected chi connectivity index (χ4v) is 2.51. The molecule has 0 amide bonds. The van der Waals surface area contributed by atoms with Crippen molar-refractivity contribution in [2.24, 2.45) is 0 Å². The number of halogens is 4. The molecule has 3 nitrogen and oxygen atoms in total. The summed E-state index contributed by atoms with van der Waals surface area (Å²) in [6.07, 6.45) is 0. The van der Waals surface area contributed by atoms with Gasteiger partial charge in [0.05, 0.1) is 17.6 Å². The van der Waals surface area contributed by atoms with E-state index in [1.165, 1.54) is 13.2 Å². The van der Waals surface area contributed by atoms with Crippen LogP contribution in [0, 0.1) is 34.6 Å². The number of hydrogen-bond acceptors (Lipinski definition) is 4. The van der Waals surface area contributed by atoms with Crippen LogP contribution < -0.4 is 5.48 Å². The van der Waals surface area contributed by atoms with Crippen LogP contribution in [-0.4, -0.2) is 7.11 Å². The Morgan fingerprint density at radius 1 is 1.09 bits per heavy atom. The molecule has 0 heterocycles. The first-order chi connectivity index (χ1) is 10.5. The maximum Gasteiger partial charge on any atom is 0.185 e. The van der Waals surface area contributed by atoms with Crippen LogP contribution in [0.15, 0.2) is 34.1 Å². The summed E-state index contributed by atoms with van der Waals surface area (Å²) in [5, 5.41) is 8.73. The van der Waals surface area contributed by atoms with Gasteiger partial charge in [-0.1, -0.05) is 11.8 Å². The summed E-state index contributed by atoms with van der Waals surface area (Å²) < 4.78 is 54.8. The Morgan fingerprint density at radius 2 is 1.82 bits per heavy atom. The molecule has 22 heavy (non-hydrogen) atoms. The van der Waals surface area contributed by atoms with Gasteiger partial charge in [-0.15, -0.1) is 0 Å². The maximum absolute atomic E-state index is 13.9. The number of nitrogens with zero attached hydrogens (tertiary/aromatic N) is 1. The zero-order valence-corrected chi connectivity index (χ0v) is 11.9. The lowest BCUT2D eigenvalue weighted by Crippen LogP contribution is -2.03. The highest BCUT2D eigenvalue weighted by Crippen LogP contribution is 2.36. The summed E-state index contributed by atoms with van der Waals surface area (Å²) in [6, 6.07) is 5.70. The summed E-state index contributed by atoms with van der Waals surface area (Å²) >= 11 is 0.544. The Hall–Kier alpha value is -2.24. The number of rotatable bonds is 4. The number of nitriles is 1. The van der Waals surface area contributed by atoms with E-state index in [1.807, 2.05) is 5.48 Å². The van der Waals surface area contributed by atoms with Crippen LogP contribution in [0.5, 0.6) is 0 Å².